The summed E-state index contributed by atoms with van der Waals surface area (Å²) in [6.45, 7) is 2.13. The van der Waals surface area contributed by atoms with E-state index in [0.717, 1.165) is 31.2 Å². The van der Waals surface area contributed by atoms with Gasteiger partial charge in [-0.25, -0.2) is 22.5 Å². The molecule has 0 unspecified atom stereocenters. The predicted molar refractivity (Wildman–Crippen MR) is 141 cm³/mol. The molecule has 0 aliphatic carbocycles. The fourth-order valence-corrected chi connectivity index (χ4v) is 4.20. The molecule has 11 heteroatoms. The topological polar surface area (TPSA) is 22.1 Å². The first-order valence-electron chi connectivity index (χ1n) is 13.0. The number of rotatable bonds is 8. The van der Waals surface area contributed by atoms with Crippen LogP contribution in [0.2, 0.25) is 0 Å². The van der Waals surface area contributed by atoms with Gasteiger partial charge in [0.05, 0.1) is 0 Å². The highest BCUT2D eigenvalue weighted by atomic mass is 19.4. The summed E-state index contributed by atoms with van der Waals surface area (Å²) in [6.07, 6.45) is -4.26. The molecule has 0 bridgehead atoms. The summed E-state index contributed by atoms with van der Waals surface area (Å²) in [5.74, 6) is -3.59. The molecule has 0 saturated heterocycles. The molecule has 2 nitrogen and oxygen atoms in total. The SMILES string of the molecule is CCCCCc1ccc(C#Cc2ccc(-c3cc(F)c(C(F)(F)Oc4cc(F)c(C(F)(F)F)c(F)c4)c(F)c3)cc2)nc1. The normalized spacial score (nSPS) is 11.7. The van der Waals surface area contributed by atoms with Gasteiger partial charge in [-0.2, -0.15) is 22.0 Å². The van der Waals surface area contributed by atoms with E-state index in [4.69, 9.17) is 0 Å². The molecule has 0 N–H and O–H groups in total. The summed E-state index contributed by atoms with van der Waals surface area (Å²) in [5, 5.41) is 0. The standard InChI is InChI=1S/C32H22F9NO/c1-2-3-4-5-20-9-13-23(42-18-20)12-8-19-6-10-21(11-7-19)22-14-25(33)30(26(34)15-22)32(40,41)43-24-16-27(35)29(28(36)17-24)31(37,38)39/h6-7,9-11,13-18H,2-5H2,1H3. The molecule has 0 fully saturated rings. The fourth-order valence-electron chi connectivity index (χ4n) is 4.20. The molecule has 1 aromatic heterocycles. The van der Waals surface area contributed by atoms with Gasteiger partial charge < -0.3 is 4.74 Å². The van der Waals surface area contributed by atoms with E-state index in [9.17, 15) is 39.5 Å². The van der Waals surface area contributed by atoms with E-state index in [1.54, 1.807) is 24.4 Å². The Morgan fingerprint density at radius 3 is 1.84 bits per heavy atom. The Morgan fingerprint density at radius 2 is 1.30 bits per heavy atom. The molecule has 0 amide bonds. The van der Waals surface area contributed by atoms with E-state index < -0.39 is 52.4 Å². The summed E-state index contributed by atoms with van der Waals surface area (Å²) in [4.78, 5) is 4.32. The van der Waals surface area contributed by atoms with Gasteiger partial charge in [0.25, 0.3) is 0 Å². The van der Waals surface area contributed by atoms with Crippen molar-refractivity contribution in [1.82, 2.24) is 4.98 Å². The lowest BCUT2D eigenvalue weighted by atomic mass is 10.0. The number of aromatic nitrogens is 1. The minimum Gasteiger partial charge on any atom is -0.429 e. The summed E-state index contributed by atoms with van der Waals surface area (Å²) in [7, 11) is 0. The molecule has 0 radical (unpaired) electrons. The van der Waals surface area contributed by atoms with Crippen molar-refractivity contribution < 1.29 is 44.3 Å². The first-order valence-corrected chi connectivity index (χ1v) is 13.0. The third kappa shape index (κ3) is 7.69. The third-order valence-corrected chi connectivity index (χ3v) is 6.33. The number of nitrogens with zero attached hydrogens (tertiary/aromatic N) is 1. The Labute approximate surface area is 241 Å². The zero-order valence-electron chi connectivity index (χ0n) is 22.4. The molecule has 0 atom stereocenters. The number of benzene rings is 3. The molecule has 0 saturated carbocycles. The maximum absolute atomic E-state index is 14.8. The quantitative estimate of drug-likeness (QED) is 0.113. The van der Waals surface area contributed by atoms with Crippen molar-refractivity contribution in [1.29, 1.82) is 0 Å². The zero-order chi connectivity index (χ0) is 31.4. The van der Waals surface area contributed by atoms with E-state index in [-0.39, 0.29) is 23.3 Å². The number of alkyl halides is 5. The van der Waals surface area contributed by atoms with E-state index in [0.29, 0.717) is 23.4 Å². The number of hydrogen-bond donors (Lipinski definition) is 0. The van der Waals surface area contributed by atoms with Gasteiger partial charge >= 0.3 is 12.3 Å². The number of halogens is 9. The number of ether oxygens (including phenoxy) is 1. The molecule has 43 heavy (non-hydrogen) atoms. The molecule has 0 aliphatic rings. The maximum Gasteiger partial charge on any atom is 0.432 e. The van der Waals surface area contributed by atoms with Crippen LogP contribution in [0.1, 0.15) is 54.1 Å². The monoisotopic (exact) mass is 607 g/mol. The lowest BCUT2D eigenvalue weighted by molar-refractivity contribution is -0.189. The smallest absolute Gasteiger partial charge is 0.429 e. The second-order valence-corrected chi connectivity index (χ2v) is 9.53. The van der Waals surface area contributed by atoms with Gasteiger partial charge in [-0.05, 0) is 65.8 Å². The van der Waals surface area contributed by atoms with E-state index >= 15 is 0 Å². The van der Waals surface area contributed by atoms with Crippen LogP contribution in [0.5, 0.6) is 5.75 Å². The van der Waals surface area contributed by atoms with Gasteiger partial charge in [-0.1, -0.05) is 43.9 Å². The third-order valence-electron chi connectivity index (χ3n) is 6.33. The lowest BCUT2D eigenvalue weighted by Gasteiger charge is -2.20. The number of hydrogen-bond acceptors (Lipinski definition) is 2. The van der Waals surface area contributed by atoms with Crippen LogP contribution < -0.4 is 4.74 Å². The summed E-state index contributed by atoms with van der Waals surface area (Å²) >= 11 is 0. The minimum atomic E-state index is -5.45. The summed E-state index contributed by atoms with van der Waals surface area (Å²) in [5.41, 5.74) is -1.89. The molecule has 0 aliphatic heterocycles. The molecular formula is C32H22F9NO. The van der Waals surface area contributed by atoms with Crippen LogP contribution in [0.4, 0.5) is 39.5 Å². The van der Waals surface area contributed by atoms with Gasteiger partial charge in [0.2, 0.25) is 0 Å². The van der Waals surface area contributed by atoms with Crippen molar-refractivity contribution in [2.75, 3.05) is 0 Å². The molecule has 3 aromatic carbocycles. The van der Waals surface area contributed by atoms with Gasteiger partial charge in [-0.3, -0.25) is 0 Å². The fraction of sp³-hybridized carbons (Fsp3) is 0.219. The van der Waals surface area contributed by atoms with Gasteiger partial charge in [0.15, 0.2) is 0 Å². The average molecular weight is 608 g/mol. The highest BCUT2D eigenvalue weighted by Gasteiger charge is 2.43. The van der Waals surface area contributed by atoms with Gasteiger partial charge in [0, 0.05) is 23.9 Å². The van der Waals surface area contributed by atoms with Crippen LogP contribution in [-0.2, 0) is 18.7 Å². The molecular weight excluding hydrogens is 585 g/mol. The molecule has 0 spiro atoms. The van der Waals surface area contributed by atoms with Crippen molar-refractivity contribution >= 4 is 0 Å². The van der Waals surface area contributed by atoms with Gasteiger partial charge in [-0.15, -0.1) is 0 Å². The zero-order valence-corrected chi connectivity index (χ0v) is 22.4. The first kappa shape index (κ1) is 31.5. The van der Waals surface area contributed by atoms with Crippen molar-refractivity contribution in [2.45, 2.75) is 44.9 Å². The lowest BCUT2D eigenvalue weighted by Crippen LogP contribution is -2.25. The van der Waals surface area contributed by atoms with Crippen LogP contribution in [0.15, 0.2) is 66.9 Å². The molecule has 4 aromatic rings. The second kappa shape index (κ2) is 12.8. The van der Waals surface area contributed by atoms with Crippen LogP contribution in [0.25, 0.3) is 11.1 Å². The average Bonchev–Trinajstić information content (AvgIpc) is 2.91. The molecule has 4 rings (SSSR count). The number of unbranched alkanes of at least 4 members (excludes halogenated alkanes) is 2. The Bertz CT molecular complexity index is 1610. The Balaban J connectivity index is 1.50. The van der Waals surface area contributed by atoms with Gasteiger partial charge in [0.1, 0.15) is 45.8 Å². The predicted octanol–water partition coefficient (Wildman–Crippen LogP) is 9.58. The molecule has 1 heterocycles. The highest BCUT2D eigenvalue weighted by molar-refractivity contribution is 5.65. The highest BCUT2D eigenvalue weighted by Crippen LogP contribution is 2.40. The first-order chi connectivity index (χ1) is 20.3. The van der Waals surface area contributed by atoms with Crippen molar-refractivity contribution in [3.05, 3.63) is 118 Å². The molecule has 224 valence electrons. The Hall–Kier alpha value is -4.46. The number of pyridine rings is 1. The van der Waals surface area contributed by atoms with Crippen molar-refractivity contribution in [3.8, 4) is 28.7 Å². The summed E-state index contributed by atoms with van der Waals surface area (Å²) < 4.78 is 129. The van der Waals surface area contributed by atoms with Crippen molar-refractivity contribution in [2.24, 2.45) is 0 Å². The van der Waals surface area contributed by atoms with E-state index in [2.05, 4.69) is 28.5 Å². The van der Waals surface area contributed by atoms with Crippen LogP contribution in [0.3, 0.4) is 0 Å². The second-order valence-electron chi connectivity index (χ2n) is 9.53. The van der Waals surface area contributed by atoms with Crippen LogP contribution in [0, 0.1) is 35.1 Å². The largest absolute Gasteiger partial charge is 0.432 e. The van der Waals surface area contributed by atoms with E-state index in [1.807, 2.05) is 6.07 Å². The summed E-state index contributed by atoms with van der Waals surface area (Å²) in [6, 6.07) is 10.7. The Kier molecular flexibility index (Phi) is 9.38. The maximum atomic E-state index is 14.8. The number of aryl methyl sites for hydroxylation is 1. The Morgan fingerprint density at radius 1 is 0.698 bits per heavy atom. The van der Waals surface area contributed by atoms with Crippen LogP contribution >= 0.6 is 0 Å². The van der Waals surface area contributed by atoms with Crippen LogP contribution in [-0.4, -0.2) is 4.98 Å². The van der Waals surface area contributed by atoms with E-state index in [1.165, 1.54) is 12.1 Å². The van der Waals surface area contributed by atoms with Crippen molar-refractivity contribution in [3.63, 3.8) is 0 Å². The minimum absolute atomic E-state index is 0.124.